The van der Waals surface area contributed by atoms with Crippen molar-refractivity contribution in [3.63, 3.8) is 0 Å². The molecule has 0 aliphatic heterocycles. The minimum absolute atomic E-state index is 0.340. The summed E-state index contributed by atoms with van der Waals surface area (Å²) in [4.78, 5) is 11.8. The van der Waals surface area contributed by atoms with Crippen LogP contribution in [0.2, 0.25) is 0 Å². The SMILES string of the molecule is C=C(C)CCOC(=O)C=Cc1ccc(OCC=C(C)C)c(OCC=C(C)C)c1. The lowest BCUT2D eigenvalue weighted by atomic mass is 10.2. The monoisotopic (exact) mass is 384 g/mol. The molecule has 4 nitrogen and oxygen atoms in total. The number of rotatable bonds is 11. The smallest absolute Gasteiger partial charge is 0.330 e. The third-order valence-electron chi connectivity index (χ3n) is 3.61. The van der Waals surface area contributed by atoms with Crippen molar-refractivity contribution in [2.45, 2.75) is 41.0 Å². The van der Waals surface area contributed by atoms with Crippen molar-refractivity contribution in [2.75, 3.05) is 19.8 Å². The average Bonchev–Trinajstić information content (AvgIpc) is 2.60. The Hall–Kier alpha value is -2.75. The van der Waals surface area contributed by atoms with Crippen LogP contribution in [-0.4, -0.2) is 25.8 Å². The summed E-state index contributed by atoms with van der Waals surface area (Å²) in [7, 11) is 0. The summed E-state index contributed by atoms with van der Waals surface area (Å²) >= 11 is 0. The van der Waals surface area contributed by atoms with Crippen molar-refractivity contribution >= 4 is 12.0 Å². The second-order valence-corrected chi connectivity index (χ2v) is 7.10. The van der Waals surface area contributed by atoms with Gasteiger partial charge in [0, 0.05) is 12.5 Å². The van der Waals surface area contributed by atoms with Gasteiger partial charge in [0.2, 0.25) is 0 Å². The summed E-state index contributed by atoms with van der Waals surface area (Å²) in [6.45, 7) is 15.1. The summed E-state index contributed by atoms with van der Waals surface area (Å²) in [5, 5.41) is 0. The van der Waals surface area contributed by atoms with Crippen LogP contribution >= 0.6 is 0 Å². The maximum Gasteiger partial charge on any atom is 0.330 e. The van der Waals surface area contributed by atoms with Gasteiger partial charge in [0.1, 0.15) is 13.2 Å². The van der Waals surface area contributed by atoms with E-state index in [2.05, 4.69) is 6.58 Å². The van der Waals surface area contributed by atoms with Gasteiger partial charge in [-0.2, -0.15) is 0 Å². The molecular formula is C24H32O4. The molecule has 0 unspecified atom stereocenters. The zero-order valence-electron chi connectivity index (χ0n) is 17.7. The normalized spacial score (nSPS) is 10.3. The number of carbonyl (C=O) groups excluding carboxylic acids is 1. The van der Waals surface area contributed by atoms with Gasteiger partial charge in [0.25, 0.3) is 0 Å². The summed E-state index contributed by atoms with van der Waals surface area (Å²) in [6, 6.07) is 5.58. The van der Waals surface area contributed by atoms with E-state index in [4.69, 9.17) is 14.2 Å². The Morgan fingerprint density at radius 1 is 0.964 bits per heavy atom. The average molecular weight is 385 g/mol. The second kappa shape index (κ2) is 12.6. The molecule has 0 spiro atoms. The topological polar surface area (TPSA) is 44.8 Å². The molecule has 0 aromatic heterocycles. The number of ether oxygens (including phenoxy) is 3. The highest BCUT2D eigenvalue weighted by atomic mass is 16.5. The Labute approximate surface area is 169 Å². The van der Waals surface area contributed by atoms with E-state index >= 15 is 0 Å². The molecule has 0 radical (unpaired) electrons. The van der Waals surface area contributed by atoms with Gasteiger partial charge in [-0.05, 0) is 70.5 Å². The van der Waals surface area contributed by atoms with Crippen LogP contribution in [0.1, 0.15) is 46.6 Å². The van der Waals surface area contributed by atoms with Crippen molar-refractivity contribution in [3.8, 4) is 11.5 Å². The van der Waals surface area contributed by atoms with Gasteiger partial charge in [-0.15, -0.1) is 6.58 Å². The zero-order chi connectivity index (χ0) is 20.9. The van der Waals surface area contributed by atoms with E-state index in [1.54, 1.807) is 6.08 Å². The maximum absolute atomic E-state index is 11.8. The van der Waals surface area contributed by atoms with Crippen molar-refractivity contribution < 1.29 is 19.0 Å². The molecule has 0 aliphatic carbocycles. The molecule has 0 saturated heterocycles. The zero-order valence-corrected chi connectivity index (χ0v) is 17.7. The van der Waals surface area contributed by atoms with Crippen molar-refractivity contribution in [3.05, 3.63) is 65.3 Å². The standard InChI is InChI=1S/C24H32O4/c1-18(2)11-14-26-22-9-7-21(17-23(22)27-15-12-19(3)4)8-10-24(25)28-16-13-20(5)6/h7-12,17H,5,13-16H2,1-4,6H3. The first-order chi connectivity index (χ1) is 13.3. The Bertz CT molecular complexity index is 746. The lowest BCUT2D eigenvalue weighted by molar-refractivity contribution is -0.137. The molecule has 1 aromatic carbocycles. The fraction of sp³-hybridized carbons (Fsp3) is 0.375. The predicted octanol–water partition coefficient (Wildman–Crippen LogP) is 5.90. The third kappa shape index (κ3) is 10.4. The molecule has 0 saturated carbocycles. The Morgan fingerprint density at radius 2 is 1.57 bits per heavy atom. The van der Waals surface area contributed by atoms with Crippen LogP contribution in [-0.2, 0) is 9.53 Å². The van der Waals surface area contributed by atoms with Crippen LogP contribution in [0.15, 0.2) is 59.7 Å². The van der Waals surface area contributed by atoms with Crippen LogP contribution in [0.3, 0.4) is 0 Å². The van der Waals surface area contributed by atoms with Crippen LogP contribution in [0.25, 0.3) is 6.08 Å². The minimum Gasteiger partial charge on any atom is -0.486 e. The summed E-state index contributed by atoms with van der Waals surface area (Å²) in [6.07, 6.45) is 7.80. The molecule has 4 heteroatoms. The van der Waals surface area contributed by atoms with Crippen molar-refractivity contribution in [1.82, 2.24) is 0 Å². The molecule has 28 heavy (non-hydrogen) atoms. The van der Waals surface area contributed by atoms with Gasteiger partial charge >= 0.3 is 5.97 Å². The molecule has 0 amide bonds. The molecule has 0 atom stereocenters. The number of esters is 1. The number of allylic oxidation sites excluding steroid dienone is 2. The molecule has 0 bridgehead atoms. The van der Waals surface area contributed by atoms with E-state index in [0.29, 0.717) is 37.7 Å². The molecule has 0 aliphatic rings. The van der Waals surface area contributed by atoms with E-state index in [1.165, 1.54) is 17.2 Å². The first-order valence-electron chi connectivity index (χ1n) is 9.43. The van der Waals surface area contributed by atoms with E-state index in [0.717, 1.165) is 11.1 Å². The third-order valence-corrected chi connectivity index (χ3v) is 3.61. The van der Waals surface area contributed by atoms with E-state index in [1.807, 2.05) is 65.0 Å². The number of carbonyl (C=O) groups is 1. The number of hydrogen-bond donors (Lipinski definition) is 0. The van der Waals surface area contributed by atoms with E-state index < -0.39 is 0 Å². The van der Waals surface area contributed by atoms with Gasteiger partial charge in [0.15, 0.2) is 11.5 Å². The summed E-state index contributed by atoms with van der Waals surface area (Å²) in [5.74, 6) is 0.926. The number of benzene rings is 1. The van der Waals surface area contributed by atoms with Crippen LogP contribution in [0.5, 0.6) is 11.5 Å². The second-order valence-electron chi connectivity index (χ2n) is 7.10. The molecule has 1 aromatic rings. The highest BCUT2D eigenvalue weighted by Gasteiger charge is 2.06. The summed E-state index contributed by atoms with van der Waals surface area (Å²) in [5.41, 5.74) is 4.19. The molecular weight excluding hydrogens is 352 g/mol. The van der Waals surface area contributed by atoms with Gasteiger partial charge in [-0.25, -0.2) is 4.79 Å². The van der Waals surface area contributed by atoms with Gasteiger partial charge in [0.05, 0.1) is 6.61 Å². The molecule has 0 heterocycles. The van der Waals surface area contributed by atoms with Crippen molar-refractivity contribution in [2.24, 2.45) is 0 Å². The minimum atomic E-state index is -0.378. The lowest BCUT2D eigenvalue weighted by Gasteiger charge is -2.12. The van der Waals surface area contributed by atoms with Crippen LogP contribution in [0, 0.1) is 0 Å². The fourth-order valence-corrected chi connectivity index (χ4v) is 1.99. The molecule has 0 N–H and O–H groups in total. The van der Waals surface area contributed by atoms with Crippen LogP contribution in [0.4, 0.5) is 0 Å². The lowest BCUT2D eigenvalue weighted by Crippen LogP contribution is -2.02. The highest BCUT2D eigenvalue weighted by Crippen LogP contribution is 2.29. The Kier molecular flexibility index (Phi) is 10.5. The first kappa shape index (κ1) is 23.3. The molecule has 1 rings (SSSR count). The van der Waals surface area contributed by atoms with Crippen molar-refractivity contribution in [1.29, 1.82) is 0 Å². The molecule has 0 fully saturated rings. The maximum atomic E-state index is 11.8. The number of hydrogen-bond acceptors (Lipinski definition) is 4. The van der Waals surface area contributed by atoms with E-state index in [-0.39, 0.29) is 5.97 Å². The Morgan fingerprint density at radius 3 is 2.14 bits per heavy atom. The van der Waals surface area contributed by atoms with Gasteiger partial charge in [-0.1, -0.05) is 22.8 Å². The van der Waals surface area contributed by atoms with Crippen LogP contribution < -0.4 is 9.47 Å². The highest BCUT2D eigenvalue weighted by molar-refractivity contribution is 5.87. The van der Waals surface area contributed by atoms with E-state index in [9.17, 15) is 4.79 Å². The fourth-order valence-electron chi connectivity index (χ4n) is 1.99. The quantitative estimate of drug-likeness (QED) is 0.271. The molecule has 152 valence electrons. The first-order valence-corrected chi connectivity index (χ1v) is 9.43. The summed E-state index contributed by atoms with van der Waals surface area (Å²) < 4.78 is 16.8. The Balaban J connectivity index is 2.84. The van der Waals surface area contributed by atoms with Gasteiger partial charge < -0.3 is 14.2 Å². The largest absolute Gasteiger partial charge is 0.486 e. The predicted molar refractivity (Wildman–Crippen MR) is 116 cm³/mol. The van der Waals surface area contributed by atoms with Gasteiger partial charge in [-0.3, -0.25) is 0 Å².